The molecule has 0 fully saturated rings. The Labute approximate surface area is 111 Å². The molecule has 90 valence electrons. The standard InChI is InChI=1S/C10H6BrN5O2/c1-6-2-7(11)3-9(16(17)18)10(6)15-14-8(4-12)5-13/h2-3,15H,1H3. The number of benzene rings is 1. The van der Waals surface area contributed by atoms with Gasteiger partial charge in [0.1, 0.15) is 17.8 Å². The summed E-state index contributed by atoms with van der Waals surface area (Å²) in [5.74, 6) is 0. The van der Waals surface area contributed by atoms with Gasteiger partial charge in [-0.1, -0.05) is 15.9 Å². The summed E-state index contributed by atoms with van der Waals surface area (Å²) in [5, 5.41) is 31.4. The largest absolute Gasteiger partial charge is 0.295 e. The molecule has 0 bridgehead atoms. The molecule has 0 unspecified atom stereocenters. The first-order valence-electron chi connectivity index (χ1n) is 4.58. The molecule has 0 atom stereocenters. The number of halogens is 1. The van der Waals surface area contributed by atoms with Crippen molar-refractivity contribution in [1.82, 2.24) is 0 Å². The lowest BCUT2D eigenvalue weighted by atomic mass is 10.2. The molecule has 8 heteroatoms. The van der Waals surface area contributed by atoms with E-state index in [-0.39, 0.29) is 11.4 Å². The highest BCUT2D eigenvalue weighted by molar-refractivity contribution is 9.10. The fourth-order valence-electron chi connectivity index (χ4n) is 1.20. The second-order valence-corrected chi connectivity index (χ2v) is 4.09. The van der Waals surface area contributed by atoms with Crippen LogP contribution in [0.15, 0.2) is 21.7 Å². The minimum absolute atomic E-state index is 0.145. The number of hydrazone groups is 1. The minimum Gasteiger partial charge on any atom is -0.269 e. The van der Waals surface area contributed by atoms with E-state index in [9.17, 15) is 10.1 Å². The number of nitriles is 2. The number of hydrogen-bond acceptors (Lipinski definition) is 6. The van der Waals surface area contributed by atoms with Crippen LogP contribution in [0.25, 0.3) is 0 Å². The molecule has 1 N–H and O–H groups in total. The van der Waals surface area contributed by atoms with E-state index in [1.165, 1.54) is 6.07 Å². The van der Waals surface area contributed by atoms with Crippen molar-refractivity contribution in [2.24, 2.45) is 5.10 Å². The maximum atomic E-state index is 10.9. The zero-order valence-electron chi connectivity index (χ0n) is 9.14. The van der Waals surface area contributed by atoms with Crippen molar-refractivity contribution < 1.29 is 4.92 Å². The molecule has 1 aromatic carbocycles. The van der Waals surface area contributed by atoms with E-state index in [0.717, 1.165) is 0 Å². The first-order chi connectivity index (χ1) is 8.49. The Kier molecular flexibility index (Phi) is 4.35. The lowest BCUT2D eigenvalue weighted by molar-refractivity contribution is -0.384. The average Bonchev–Trinajstić information content (AvgIpc) is 2.31. The Morgan fingerprint density at radius 1 is 1.50 bits per heavy atom. The quantitative estimate of drug-likeness (QED) is 0.523. The third kappa shape index (κ3) is 3.03. The van der Waals surface area contributed by atoms with Crippen LogP contribution in [0.5, 0.6) is 0 Å². The molecule has 0 spiro atoms. The van der Waals surface area contributed by atoms with Gasteiger partial charge in [-0.15, -0.1) is 0 Å². The minimum atomic E-state index is -0.575. The predicted octanol–water partition coefficient (Wildman–Crippen LogP) is 2.48. The SMILES string of the molecule is Cc1cc(Br)cc([N+](=O)[O-])c1NN=C(C#N)C#N. The molecule has 1 aromatic rings. The molecule has 0 aliphatic heterocycles. The Bertz CT molecular complexity index is 596. The molecular weight excluding hydrogens is 302 g/mol. The van der Waals surface area contributed by atoms with E-state index in [0.29, 0.717) is 10.0 Å². The van der Waals surface area contributed by atoms with Crippen molar-refractivity contribution in [3.05, 3.63) is 32.3 Å². The Morgan fingerprint density at radius 2 is 2.11 bits per heavy atom. The summed E-state index contributed by atoms with van der Waals surface area (Å²) in [6.07, 6.45) is 0. The molecule has 18 heavy (non-hydrogen) atoms. The van der Waals surface area contributed by atoms with Gasteiger partial charge in [0.15, 0.2) is 0 Å². The third-order valence-electron chi connectivity index (χ3n) is 1.97. The molecule has 0 heterocycles. The molecule has 0 saturated heterocycles. The Morgan fingerprint density at radius 3 is 2.61 bits per heavy atom. The number of hydrogen-bond donors (Lipinski definition) is 1. The van der Waals surface area contributed by atoms with E-state index in [4.69, 9.17) is 10.5 Å². The molecule has 0 aliphatic carbocycles. The van der Waals surface area contributed by atoms with Crippen LogP contribution in [0, 0.1) is 39.7 Å². The van der Waals surface area contributed by atoms with E-state index >= 15 is 0 Å². The van der Waals surface area contributed by atoms with Crippen molar-refractivity contribution in [2.75, 3.05) is 5.43 Å². The van der Waals surface area contributed by atoms with Crippen LogP contribution in [0.1, 0.15) is 5.56 Å². The number of nitrogens with zero attached hydrogens (tertiary/aromatic N) is 4. The average molecular weight is 308 g/mol. The van der Waals surface area contributed by atoms with Crippen LogP contribution in [0.3, 0.4) is 0 Å². The normalized spacial score (nSPS) is 8.89. The van der Waals surface area contributed by atoms with Gasteiger partial charge >= 0.3 is 0 Å². The second-order valence-electron chi connectivity index (χ2n) is 3.17. The predicted molar refractivity (Wildman–Crippen MR) is 67.8 cm³/mol. The van der Waals surface area contributed by atoms with Crippen LogP contribution in [0.4, 0.5) is 11.4 Å². The zero-order valence-corrected chi connectivity index (χ0v) is 10.7. The summed E-state index contributed by atoms with van der Waals surface area (Å²) in [5.41, 5.74) is 2.48. The summed E-state index contributed by atoms with van der Waals surface area (Å²) in [4.78, 5) is 10.3. The van der Waals surface area contributed by atoms with Crippen LogP contribution in [0.2, 0.25) is 0 Å². The first-order valence-corrected chi connectivity index (χ1v) is 5.37. The molecule has 0 radical (unpaired) electrons. The number of nitrogens with one attached hydrogen (secondary N) is 1. The zero-order chi connectivity index (χ0) is 13.7. The summed E-state index contributed by atoms with van der Waals surface area (Å²) in [7, 11) is 0. The fraction of sp³-hybridized carbons (Fsp3) is 0.100. The summed E-state index contributed by atoms with van der Waals surface area (Å²) < 4.78 is 0.557. The van der Waals surface area contributed by atoms with E-state index in [2.05, 4.69) is 26.5 Å². The van der Waals surface area contributed by atoms with Crippen molar-refractivity contribution in [3.8, 4) is 12.1 Å². The molecule has 0 aliphatic rings. The number of rotatable bonds is 3. The van der Waals surface area contributed by atoms with Crippen molar-refractivity contribution in [1.29, 1.82) is 10.5 Å². The highest BCUT2D eigenvalue weighted by Gasteiger charge is 2.17. The Hall–Kier alpha value is -2.45. The van der Waals surface area contributed by atoms with Crippen LogP contribution < -0.4 is 5.43 Å². The highest BCUT2D eigenvalue weighted by atomic mass is 79.9. The van der Waals surface area contributed by atoms with Crippen molar-refractivity contribution >= 4 is 33.0 Å². The fourth-order valence-corrected chi connectivity index (χ4v) is 1.76. The molecule has 1 rings (SSSR count). The van der Waals surface area contributed by atoms with E-state index < -0.39 is 10.6 Å². The molecular formula is C10H6BrN5O2. The maximum Gasteiger partial charge on any atom is 0.295 e. The van der Waals surface area contributed by atoms with Crippen LogP contribution in [-0.4, -0.2) is 10.6 Å². The van der Waals surface area contributed by atoms with Crippen molar-refractivity contribution in [2.45, 2.75) is 6.92 Å². The molecule has 0 amide bonds. The van der Waals surface area contributed by atoms with E-state index in [1.807, 2.05) is 0 Å². The number of nitro groups is 1. The van der Waals surface area contributed by atoms with E-state index in [1.54, 1.807) is 25.1 Å². The lowest BCUT2D eigenvalue weighted by Gasteiger charge is -2.06. The van der Waals surface area contributed by atoms with Crippen LogP contribution >= 0.6 is 15.9 Å². The number of anilines is 1. The summed E-state index contributed by atoms with van der Waals surface area (Å²) >= 11 is 3.15. The first kappa shape index (κ1) is 13.6. The van der Waals surface area contributed by atoms with Gasteiger partial charge in [0.25, 0.3) is 5.69 Å². The van der Waals surface area contributed by atoms with Crippen molar-refractivity contribution in [3.63, 3.8) is 0 Å². The number of aryl methyl sites for hydroxylation is 1. The van der Waals surface area contributed by atoms with Gasteiger partial charge in [-0.05, 0) is 18.6 Å². The van der Waals surface area contributed by atoms with Gasteiger partial charge in [0, 0.05) is 10.5 Å². The summed E-state index contributed by atoms with van der Waals surface area (Å²) in [6, 6.07) is 6.06. The molecule has 0 aromatic heterocycles. The maximum absolute atomic E-state index is 10.9. The topological polar surface area (TPSA) is 115 Å². The van der Waals surface area contributed by atoms with Gasteiger partial charge in [-0.25, -0.2) is 0 Å². The third-order valence-corrected chi connectivity index (χ3v) is 2.43. The lowest BCUT2D eigenvalue weighted by Crippen LogP contribution is -2.02. The van der Waals surface area contributed by atoms with Gasteiger partial charge in [-0.2, -0.15) is 15.6 Å². The highest BCUT2D eigenvalue weighted by Crippen LogP contribution is 2.31. The van der Waals surface area contributed by atoms with Gasteiger partial charge in [-0.3, -0.25) is 15.5 Å². The monoisotopic (exact) mass is 307 g/mol. The van der Waals surface area contributed by atoms with Gasteiger partial charge in [0.2, 0.25) is 5.71 Å². The number of nitro benzene ring substituents is 1. The molecule has 0 saturated carbocycles. The van der Waals surface area contributed by atoms with Gasteiger partial charge < -0.3 is 0 Å². The van der Waals surface area contributed by atoms with Gasteiger partial charge in [0.05, 0.1) is 4.92 Å². The smallest absolute Gasteiger partial charge is 0.269 e. The molecule has 7 nitrogen and oxygen atoms in total. The second kappa shape index (κ2) is 5.75. The summed E-state index contributed by atoms with van der Waals surface area (Å²) in [6.45, 7) is 1.65. The van der Waals surface area contributed by atoms with Crippen LogP contribution in [-0.2, 0) is 0 Å². The Balaban J connectivity index is 3.26.